The van der Waals surface area contributed by atoms with Crippen molar-refractivity contribution in [2.75, 3.05) is 45.9 Å². The van der Waals surface area contributed by atoms with E-state index in [1.54, 1.807) is 6.26 Å². The summed E-state index contributed by atoms with van der Waals surface area (Å²) >= 11 is 0. The maximum absolute atomic E-state index is 11.7. The third kappa shape index (κ3) is 6.05. The van der Waals surface area contributed by atoms with Gasteiger partial charge < -0.3 is 24.7 Å². The zero-order valence-corrected chi connectivity index (χ0v) is 15.4. The summed E-state index contributed by atoms with van der Waals surface area (Å²) in [4.78, 5) is 18.3. The van der Waals surface area contributed by atoms with Crippen molar-refractivity contribution < 1.29 is 13.9 Å². The van der Waals surface area contributed by atoms with Crippen molar-refractivity contribution in [1.29, 1.82) is 0 Å². The molecule has 2 N–H and O–H groups in total. The number of hydrogen-bond donors (Lipinski definition) is 2. The van der Waals surface area contributed by atoms with Crippen LogP contribution in [0.5, 0.6) is 0 Å². The molecule has 2 aliphatic heterocycles. The Labute approximate surface area is 155 Å². The van der Waals surface area contributed by atoms with Gasteiger partial charge in [0.25, 0.3) is 0 Å². The molecule has 7 nitrogen and oxygen atoms in total. The molecule has 1 atom stereocenters. The Balaban J connectivity index is 1.40. The summed E-state index contributed by atoms with van der Waals surface area (Å²) in [6.45, 7) is 5.73. The van der Waals surface area contributed by atoms with Gasteiger partial charge >= 0.3 is 0 Å². The van der Waals surface area contributed by atoms with E-state index >= 15 is 0 Å². The van der Waals surface area contributed by atoms with Crippen LogP contribution in [0.3, 0.4) is 0 Å². The molecule has 144 valence electrons. The van der Waals surface area contributed by atoms with Crippen molar-refractivity contribution in [3.63, 3.8) is 0 Å². The van der Waals surface area contributed by atoms with Gasteiger partial charge in [0.05, 0.1) is 12.9 Å². The molecule has 2 saturated heterocycles. The number of aliphatic imine (C=N–C) groups is 1. The average molecular weight is 362 g/mol. The smallest absolute Gasteiger partial charge is 0.222 e. The summed E-state index contributed by atoms with van der Waals surface area (Å²) < 4.78 is 10.8. The van der Waals surface area contributed by atoms with Crippen LogP contribution in [0, 0.1) is 5.92 Å². The summed E-state index contributed by atoms with van der Waals surface area (Å²) in [5, 5.41) is 6.77. The van der Waals surface area contributed by atoms with E-state index in [0.29, 0.717) is 12.3 Å². The Morgan fingerprint density at radius 2 is 2.27 bits per heavy atom. The lowest BCUT2D eigenvalue weighted by Gasteiger charge is -2.17. The van der Waals surface area contributed by atoms with Gasteiger partial charge in [-0.3, -0.25) is 9.79 Å². The first-order valence-electron chi connectivity index (χ1n) is 9.71. The predicted molar refractivity (Wildman–Crippen MR) is 100 cm³/mol. The number of amides is 1. The fourth-order valence-electron chi connectivity index (χ4n) is 3.30. The maximum Gasteiger partial charge on any atom is 0.222 e. The van der Waals surface area contributed by atoms with Crippen molar-refractivity contribution in [2.24, 2.45) is 10.9 Å². The number of guanidine groups is 1. The topological polar surface area (TPSA) is 79.1 Å². The van der Waals surface area contributed by atoms with Crippen molar-refractivity contribution in [3.8, 4) is 0 Å². The average Bonchev–Trinajstić information content (AvgIpc) is 3.39. The molecule has 0 aromatic carbocycles. The van der Waals surface area contributed by atoms with Crippen LogP contribution in [0.15, 0.2) is 27.8 Å². The van der Waals surface area contributed by atoms with Gasteiger partial charge in [-0.2, -0.15) is 0 Å². The van der Waals surface area contributed by atoms with E-state index in [1.165, 1.54) is 0 Å². The van der Waals surface area contributed by atoms with Crippen LogP contribution in [0.25, 0.3) is 0 Å². The Kier molecular flexibility index (Phi) is 7.37. The standard InChI is InChI=1S/C19H30N4O3/c24-18-5-1-10-23(18)11-3-8-20-19(22-14-16-7-13-25-15-16)21-9-6-17-4-2-12-26-17/h2,4,12,16H,1,3,5-11,13-15H2,(H2,20,21,22). The molecular formula is C19H30N4O3. The van der Waals surface area contributed by atoms with Gasteiger partial charge in [-0.25, -0.2) is 0 Å². The molecule has 26 heavy (non-hydrogen) atoms. The molecular weight excluding hydrogens is 332 g/mol. The molecule has 1 unspecified atom stereocenters. The van der Waals surface area contributed by atoms with E-state index in [2.05, 4.69) is 10.6 Å². The van der Waals surface area contributed by atoms with E-state index in [9.17, 15) is 4.79 Å². The van der Waals surface area contributed by atoms with Crippen LogP contribution >= 0.6 is 0 Å². The van der Waals surface area contributed by atoms with Gasteiger partial charge in [0, 0.05) is 58.1 Å². The SMILES string of the molecule is O=C1CCCN1CCCNC(=NCC1CCOC1)NCCc1ccco1. The number of rotatable bonds is 9. The Morgan fingerprint density at radius 1 is 1.35 bits per heavy atom. The maximum atomic E-state index is 11.7. The van der Waals surface area contributed by atoms with Gasteiger partial charge in [0.15, 0.2) is 5.96 Å². The largest absolute Gasteiger partial charge is 0.469 e. The summed E-state index contributed by atoms with van der Waals surface area (Å²) in [7, 11) is 0. The second-order valence-electron chi connectivity index (χ2n) is 6.94. The summed E-state index contributed by atoms with van der Waals surface area (Å²) in [6.07, 6.45) is 6.23. The van der Waals surface area contributed by atoms with E-state index in [1.807, 2.05) is 17.0 Å². The van der Waals surface area contributed by atoms with E-state index in [4.69, 9.17) is 14.1 Å². The molecule has 7 heteroatoms. The predicted octanol–water partition coefficient (Wildman–Crippen LogP) is 1.41. The lowest BCUT2D eigenvalue weighted by molar-refractivity contribution is -0.127. The molecule has 3 rings (SSSR count). The normalized spacial score (nSPS) is 20.8. The molecule has 0 spiro atoms. The van der Waals surface area contributed by atoms with Crippen molar-refractivity contribution in [3.05, 3.63) is 24.2 Å². The van der Waals surface area contributed by atoms with Crippen LogP contribution in [0.4, 0.5) is 0 Å². The Hall–Kier alpha value is -2.02. The third-order valence-corrected chi connectivity index (χ3v) is 4.84. The number of nitrogens with one attached hydrogen (secondary N) is 2. The molecule has 0 aliphatic carbocycles. The fraction of sp³-hybridized carbons (Fsp3) is 0.684. The zero-order chi connectivity index (χ0) is 18.0. The molecule has 1 aromatic heterocycles. The molecule has 1 amide bonds. The molecule has 3 heterocycles. The number of hydrogen-bond acceptors (Lipinski definition) is 4. The Bertz CT molecular complexity index is 567. The number of carbonyl (C=O) groups is 1. The molecule has 2 aliphatic rings. The second kappa shape index (κ2) is 10.2. The molecule has 2 fully saturated rings. The van der Waals surface area contributed by atoms with Crippen LogP contribution in [0.2, 0.25) is 0 Å². The van der Waals surface area contributed by atoms with Gasteiger partial charge in [0.1, 0.15) is 5.76 Å². The minimum Gasteiger partial charge on any atom is -0.469 e. The summed E-state index contributed by atoms with van der Waals surface area (Å²) in [5.74, 6) is 2.60. The fourth-order valence-corrected chi connectivity index (χ4v) is 3.30. The molecule has 0 radical (unpaired) electrons. The summed E-state index contributed by atoms with van der Waals surface area (Å²) in [6, 6.07) is 3.89. The number of carbonyl (C=O) groups excluding carboxylic acids is 1. The number of ether oxygens (including phenoxy) is 1. The molecule has 1 aromatic rings. The lowest BCUT2D eigenvalue weighted by Crippen LogP contribution is -2.40. The summed E-state index contributed by atoms with van der Waals surface area (Å²) in [5.41, 5.74) is 0. The molecule has 0 bridgehead atoms. The minimum atomic E-state index is 0.289. The first kappa shape index (κ1) is 18.8. The lowest BCUT2D eigenvalue weighted by atomic mass is 10.1. The third-order valence-electron chi connectivity index (χ3n) is 4.84. The van der Waals surface area contributed by atoms with Gasteiger partial charge in [-0.05, 0) is 31.4 Å². The number of likely N-dealkylation sites (tertiary alicyclic amines) is 1. The van der Waals surface area contributed by atoms with Gasteiger partial charge in [-0.1, -0.05) is 0 Å². The zero-order valence-electron chi connectivity index (χ0n) is 15.4. The van der Waals surface area contributed by atoms with Crippen LogP contribution in [0.1, 0.15) is 31.4 Å². The van der Waals surface area contributed by atoms with Gasteiger partial charge in [-0.15, -0.1) is 0 Å². The molecule has 0 saturated carbocycles. The highest BCUT2D eigenvalue weighted by Gasteiger charge is 2.19. The first-order chi connectivity index (χ1) is 12.8. The van der Waals surface area contributed by atoms with Crippen LogP contribution < -0.4 is 10.6 Å². The van der Waals surface area contributed by atoms with E-state index in [-0.39, 0.29) is 5.91 Å². The Morgan fingerprint density at radius 3 is 3.00 bits per heavy atom. The first-order valence-corrected chi connectivity index (χ1v) is 9.71. The van der Waals surface area contributed by atoms with E-state index in [0.717, 1.165) is 83.3 Å². The minimum absolute atomic E-state index is 0.289. The van der Waals surface area contributed by atoms with E-state index < -0.39 is 0 Å². The second-order valence-corrected chi connectivity index (χ2v) is 6.94. The monoisotopic (exact) mass is 362 g/mol. The highest BCUT2D eigenvalue weighted by molar-refractivity contribution is 5.80. The highest BCUT2D eigenvalue weighted by Crippen LogP contribution is 2.12. The quantitative estimate of drug-likeness (QED) is 0.394. The van der Waals surface area contributed by atoms with Gasteiger partial charge in [0.2, 0.25) is 5.91 Å². The van der Waals surface area contributed by atoms with Crippen LogP contribution in [-0.2, 0) is 16.0 Å². The number of nitrogens with zero attached hydrogens (tertiary/aromatic N) is 2. The van der Waals surface area contributed by atoms with Crippen molar-refractivity contribution >= 4 is 11.9 Å². The van der Waals surface area contributed by atoms with Crippen LogP contribution in [-0.4, -0.2) is 62.7 Å². The number of furan rings is 1. The highest BCUT2D eigenvalue weighted by atomic mass is 16.5. The van der Waals surface area contributed by atoms with Crippen molar-refractivity contribution in [1.82, 2.24) is 15.5 Å². The van der Waals surface area contributed by atoms with Crippen molar-refractivity contribution in [2.45, 2.75) is 32.1 Å².